The Hall–Kier alpha value is -1.59. The normalized spacial score (nSPS) is 23.6. The third-order valence-electron chi connectivity index (χ3n) is 3.79. The fourth-order valence-corrected chi connectivity index (χ4v) is 2.74. The molecule has 1 atom stereocenters. The Morgan fingerprint density at radius 3 is 2.68 bits per heavy atom. The molecule has 2 aliphatic heterocycles. The van der Waals surface area contributed by atoms with Gasteiger partial charge in [-0.3, -0.25) is 9.59 Å². The summed E-state index contributed by atoms with van der Waals surface area (Å²) in [7, 11) is 1.34. The second kappa shape index (κ2) is 6.04. The maximum atomic E-state index is 12.3. The highest BCUT2D eigenvalue weighted by atomic mass is 16.5. The fourth-order valence-electron chi connectivity index (χ4n) is 2.74. The molecule has 2 amide bonds. The monoisotopic (exact) mass is 268 g/mol. The van der Waals surface area contributed by atoms with Crippen LogP contribution >= 0.6 is 0 Å². The van der Waals surface area contributed by atoms with E-state index >= 15 is 0 Å². The number of carbonyl (C=O) groups excluding carboxylic acids is 3. The highest BCUT2D eigenvalue weighted by Gasteiger charge is 2.34. The van der Waals surface area contributed by atoms with Gasteiger partial charge in [-0.2, -0.15) is 0 Å². The predicted octanol–water partition coefficient (Wildman–Crippen LogP) is 0.163. The molecule has 0 aliphatic carbocycles. The van der Waals surface area contributed by atoms with Crippen LogP contribution in [0.2, 0.25) is 0 Å². The summed E-state index contributed by atoms with van der Waals surface area (Å²) in [6.45, 7) is 1.30. The van der Waals surface area contributed by atoms with Crippen LogP contribution in [-0.2, 0) is 19.1 Å². The Morgan fingerprint density at radius 2 is 2.05 bits per heavy atom. The first-order valence-corrected chi connectivity index (χ1v) is 6.78. The second-order valence-corrected chi connectivity index (χ2v) is 5.04. The van der Waals surface area contributed by atoms with E-state index in [1.165, 1.54) is 7.11 Å². The second-order valence-electron chi connectivity index (χ2n) is 5.04. The molecule has 2 aliphatic rings. The third-order valence-corrected chi connectivity index (χ3v) is 3.79. The lowest BCUT2D eigenvalue weighted by Gasteiger charge is -2.34. The first-order chi connectivity index (χ1) is 9.13. The number of likely N-dealkylation sites (tertiary alicyclic amines) is 2. The third kappa shape index (κ3) is 3.05. The van der Waals surface area contributed by atoms with E-state index in [9.17, 15) is 14.4 Å². The number of methoxy groups -OCH3 is 1. The molecule has 6 nitrogen and oxygen atoms in total. The van der Waals surface area contributed by atoms with Crippen molar-refractivity contribution in [3.63, 3.8) is 0 Å². The lowest BCUT2D eigenvalue weighted by atomic mass is 10.0. The van der Waals surface area contributed by atoms with Crippen molar-refractivity contribution < 1.29 is 19.1 Å². The van der Waals surface area contributed by atoms with E-state index in [1.54, 1.807) is 9.80 Å². The van der Waals surface area contributed by atoms with Crippen molar-refractivity contribution in [2.75, 3.05) is 26.7 Å². The molecule has 0 aromatic rings. The molecule has 106 valence electrons. The largest absolute Gasteiger partial charge is 0.467 e. The van der Waals surface area contributed by atoms with Crippen LogP contribution in [0.1, 0.15) is 32.1 Å². The molecule has 2 rings (SSSR count). The number of rotatable bonds is 3. The molecule has 0 bridgehead atoms. The van der Waals surface area contributed by atoms with E-state index in [0.717, 1.165) is 19.3 Å². The van der Waals surface area contributed by atoms with Crippen molar-refractivity contribution in [2.24, 2.45) is 0 Å². The summed E-state index contributed by atoms with van der Waals surface area (Å²) in [5, 5.41) is 0. The van der Waals surface area contributed by atoms with Gasteiger partial charge in [-0.1, -0.05) is 0 Å². The zero-order chi connectivity index (χ0) is 13.8. The van der Waals surface area contributed by atoms with Crippen LogP contribution in [0.5, 0.6) is 0 Å². The van der Waals surface area contributed by atoms with Gasteiger partial charge in [-0.15, -0.1) is 0 Å². The summed E-state index contributed by atoms with van der Waals surface area (Å²) in [5.41, 5.74) is 0. The van der Waals surface area contributed by atoms with Gasteiger partial charge in [0.25, 0.3) is 0 Å². The van der Waals surface area contributed by atoms with Crippen molar-refractivity contribution in [3.8, 4) is 0 Å². The van der Waals surface area contributed by atoms with Gasteiger partial charge in [0.15, 0.2) is 0 Å². The molecule has 0 spiro atoms. The summed E-state index contributed by atoms with van der Waals surface area (Å²) in [6, 6.07) is -0.482. The minimum atomic E-state index is -0.482. The molecule has 0 aromatic heterocycles. The summed E-state index contributed by atoms with van der Waals surface area (Å²) < 4.78 is 4.75. The van der Waals surface area contributed by atoms with Gasteiger partial charge in [0, 0.05) is 19.5 Å². The number of ether oxygens (including phenoxy) is 1. The van der Waals surface area contributed by atoms with Crippen molar-refractivity contribution >= 4 is 17.8 Å². The van der Waals surface area contributed by atoms with E-state index in [0.29, 0.717) is 25.9 Å². The van der Waals surface area contributed by atoms with Crippen LogP contribution in [0.4, 0.5) is 0 Å². The zero-order valence-electron chi connectivity index (χ0n) is 11.3. The number of hydrogen-bond donors (Lipinski definition) is 0. The first-order valence-electron chi connectivity index (χ1n) is 6.78. The smallest absolute Gasteiger partial charge is 0.328 e. The highest BCUT2D eigenvalue weighted by molar-refractivity contribution is 5.89. The van der Waals surface area contributed by atoms with E-state index in [4.69, 9.17) is 4.74 Å². The average Bonchev–Trinajstić information content (AvgIpc) is 2.83. The van der Waals surface area contributed by atoms with Crippen molar-refractivity contribution in [3.05, 3.63) is 0 Å². The molecule has 0 saturated carbocycles. The molecule has 2 saturated heterocycles. The van der Waals surface area contributed by atoms with Crippen LogP contribution in [0.25, 0.3) is 0 Å². The minimum Gasteiger partial charge on any atom is -0.467 e. The van der Waals surface area contributed by atoms with Gasteiger partial charge in [-0.25, -0.2) is 4.79 Å². The number of esters is 1. The molecular weight excluding hydrogens is 248 g/mol. The number of piperidine rings is 1. The first kappa shape index (κ1) is 13.8. The van der Waals surface area contributed by atoms with Crippen LogP contribution in [-0.4, -0.2) is 60.4 Å². The molecule has 2 heterocycles. The quantitative estimate of drug-likeness (QED) is 0.684. The van der Waals surface area contributed by atoms with E-state index < -0.39 is 6.04 Å². The maximum Gasteiger partial charge on any atom is 0.328 e. The molecule has 0 radical (unpaired) electrons. The Labute approximate surface area is 112 Å². The Kier molecular flexibility index (Phi) is 4.39. The summed E-state index contributed by atoms with van der Waals surface area (Å²) in [4.78, 5) is 38.6. The predicted molar refractivity (Wildman–Crippen MR) is 67.2 cm³/mol. The van der Waals surface area contributed by atoms with Crippen LogP contribution in [0.15, 0.2) is 0 Å². The van der Waals surface area contributed by atoms with Crippen LogP contribution in [0.3, 0.4) is 0 Å². The number of nitrogens with zero attached hydrogens (tertiary/aromatic N) is 2. The van der Waals surface area contributed by atoms with Crippen LogP contribution in [0, 0.1) is 0 Å². The lowest BCUT2D eigenvalue weighted by Crippen LogP contribution is -2.51. The molecule has 0 unspecified atom stereocenters. The highest BCUT2D eigenvalue weighted by Crippen LogP contribution is 2.19. The molecule has 0 aromatic carbocycles. The topological polar surface area (TPSA) is 66.9 Å². The van der Waals surface area contributed by atoms with Gasteiger partial charge in [0.2, 0.25) is 11.8 Å². The Bertz CT molecular complexity index is 383. The van der Waals surface area contributed by atoms with Crippen LogP contribution < -0.4 is 0 Å². The molecule has 19 heavy (non-hydrogen) atoms. The Balaban J connectivity index is 1.99. The zero-order valence-corrected chi connectivity index (χ0v) is 11.3. The number of carbonyl (C=O) groups is 3. The minimum absolute atomic E-state index is 0.0278. The molecule has 0 N–H and O–H groups in total. The summed E-state index contributed by atoms with van der Waals surface area (Å²) in [5.74, 6) is -0.480. The number of amides is 2. The SMILES string of the molecule is COC(=O)[C@H]1CCCCN1C(=O)CN1CCCC1=O. The molecule has 6 heteroatoms. The van der Waals surface area contributed by atoms with Crippen molar-refractivity contribution in [1.82, 2.24) is 9.80 Å². The Morgan fingerprint density at radius 1 is 1.26 bits per heavy atom. The average molecular weight is 268 g/mol. The van der Waals surface area contributed by atoms with E-state index in [1.807, 2.05) is 0 Å². The maximum absolute atomic E-state index is 12.3. The van der Waals surface area contributed by atoms with Gasteiger partial charge >= 0.3 is 5.97 Å². The fraction of sp³-hybridized carbons (Fsp3) is 0.769. The summed E-state index contributed by atoms with van der Waals surface area (Å²) in [6.07, 6.45) is 3.80. The van der Waals surface area contributed by atoms with Gasteiger partial charge in [0.1, 0.15) is 6.04 Å². The number of hydrogen-bond acceptors (Lipinski definition) is 4. The van der Waals surface area contributed by atoms with Crippen molar-refractivity contribution in [1.29, 1.82) is 0 Å². The van der Waals surface area contributed by atoms with Gasteiger partial charge in [0.05, 0.1) is 13.7 Å². The molecule has 2 fully saturated rings. The molecular formula is C13H20N2O4. The van der Waals surface area contributed by atoms with E-state index in [-0.39, 0.29) is 24.3 Å². The standard InChI is InChI=1S/C13H20N2O4/c1-19-13(18)10-5-2-3-8-15(10)12(17)9-14-7-4-6-11(14)16/h10H,2-9H2,1H3/t10-/m1/s1. The van der Waals surface area contributed by atoms with Gasteiger partial charge < -0.3 is 14.5 Å². The summed E-state index contributed by atoms with van der Waals surface area (Å²) >= 11 is 0. The lowest BCUT2D eigenvalue weighted by molar-refractivity contribution is -0.155. The van der Waals surface area contributed by atoms with Gasteiger partial charge in [-0.05, 0) is 25.7 Å². The van der Waals surface area contributed by atoms with Crippen molar-refractivity contribution in [2.45, 2.75) is 38.1 Å². The van der Waals surface area contributed by atoms with E-state index in [2.05, 4.69) is 0 Å².